The van der Waals surface area contributed by atoms with E-state index in [4.69, 9.17) is 9.84 Å². The number of ether oxygens (including phenoxy) is 1. The standard InChI is InChI=1S/C15H19N3O3/c1-21-8-7-17(12-15(19)20)10-13-9-16-18(11-13)14-5-3-2-4-6-14/h2-6,9,11H,7-8,10,12H2,1H3,(H,19,20). The normalized spacial score (nSPS) is 11.0. The van der Waals surface area contributed by atoms with Crippen molar-refractivity contribution in [3.05, 3.63) is 48.3 Å². The van der Waals surface area contributed by atoms with Crippen LogP contribution in [-0.4, -0.2) is 52.6 Å². The largest absolute Gasteiger partial charge is 0.480 e. The Morgan fingerprint density at radius 1 is 1.38 bits per heavy atom. The highest BCUT2D eigenvalue weighted by molar-refractivity contribution is 5.69. The number of benzene rings is 1. The van der Waals surface area contributed by atoms with Crippen LogP contribution in [0.15, 0.2) is 42.7 Å². The van der Waals surface area contributed by atoms with Gasteiger partial charge in [-0.25, -0.2) is 4.68 Å². The first kappa shape index (κ1) is 15.2. The van der Waals surface area contributed by atoms with Crippen molar-refractivity contribution >= 4 is 5.97 Å². The number of carboxylic acids is 1. The Morgan fingerprint density at radius 3 is 2.81 bits per heavy atom. The first-order chi connectivity index (χ1) is 10.2. The number of hydrogen-bond acceptors (Lipinski definition) is 4. The number of aliphatic carboxylic acids is 1. The molecule has 1 heterocycles. The van der Waals surface area contributed by atoms with Gasteiger partial charge >= 0.3 is 5.97 Å². The summed E-state index contributed by atoms with van der Waals surface area (Å²) < 4.78 is 6.79. The van der Waals surface area contributed by atoms with E-state index in [0.29, 0.717) is 19.7 Å². The Morgan fingerprint density at radius 2 is 2.14 bits per heavy atom. The summed E-state index contributed by atoms with van der Waals surface area (Å²) in [6, 6.07) is 9.79. The Hall–Kier alpha value is -2.18. The highest BCUT2D eigenvalue weighted by Gasteiger charge is 2.11. The number of nitrogens with zero attached hydrogens (tertiary/aromatic N) is 3. The summed E-state index contributed by atoms with van der Waals surface area (Å²) in [7, 11) is 1.60. The second kappa shape index (κ2) is 7.56. The van der Waals surface area contributed by atoms with Gasteiger partial charge in [-0.3, -0.25) is 9.69 Å². The Kier molecular flexibility index (Phi) is 5.48. The third kappa shape index (κ3) is 4.70. The lowest BCUT2D eigenvalue weighted by Gasteiger charge is -2.18. The third-order valence-electron chi connectivity index (χ3n) is 3.03. The minimum absolute atomic E-state index is 0.0140. The molecule has 1 N–H and O–H groups in total. The molecule has 0 aliphatic heterocycles. The van der Waals surface area contributed by atoms with Crippen LogP contribution in [0.3, 0.4) is 0 Å². The quantitative estimate of drug-likeness (QED) is 0.795. The zero-order chi connectivity index (χ0) is 15.1. The SMILES string of the molecule is COCCN(CC(=O)O)Cc1cnn(-c2ccccc2)c1. The first-order valence-electron chi connectivity index (χ1n) is 6.71. The Bertz CT molecular complexity index is 569. The Balaban J connectivity index is 2.03. The van der Waals surface area contributed by atoms with E-state index in [-0.39, 0.29) is 6.54 Å². The average Bonchev–Trinajstić information content (AvgIpc) is 2.93. The summed E-state index contributed by atoms with van der Waals surface area (Å²) in [5.74, 6) is -0.846. The Labute approximate surface area is 123 Å². The fourth-order valence-corrected chi connectivity index (χ4v) is 2.05. The molecule has 2 rings (SSSR count). The average molecular weight is 289 g/mol. The molecule has 112 valence electrons. The smallest absolute Gasteiger partial charge is 0.317 e. The molecule has 1 aromatic carbocycles. The van der Waals surface area contributed by atoms with E-state index in [0.717, 1.165) is 11.3 Å². The first-order valence-corrected chi connectivity index (χ1v) is 6.71. The van der Waals surface area contributed by atoms with Gasteiger partial charge in [-0.15, -0.1) is 0 Å². The maximum Gasteiger partial charge on any atom is 0.317 e. The number of rotatable bonds is 8. The molecule has 0 saturated carbocycles. The maximum absolute atomic E-state index is 10.9. The van der Waals surface area contributed by atoms with E-state index >= 15 is 0 Å². The number of hydrogen-bond donors (Lipinski definition) is 1. The molecule has 0 amide bonds. The van der Waals surface area contributed by atoms with Crippen LogP contribution < -0.4 is 0 Å². The molecule has 0 spiro atoms. The minimum Gasteiger partial charge on any atom is -0.480 e. The molecule has 6 heteroatoms. The van der Waals surface area contributed by atoms with Gasteiger partial charge in [0.05, 0.1) is 25.0 Å². The summed E-state index contributed by atoms with van der Waals surface area (Å²) in [6.07, 6.45) is 3.67. The molecule has 1 aromatic heterocycles. The third-order valence-corrected chi connectivity index (χ3v) is 3.03. The number of methoxy groups -OCH3 is 1. The summed E-state index contributed by atoms with van der Waals surface area (Å²) in [4.78, 5) is 12.7. The van der Waals surface area contributed by atoms with Crippen molar-refractivity contribution in [2.24, 2.45) is 0 Å². The number of carbonyl (C=O) groups is 1. The molecular formula is C15H19N3O3. The number of aromatic nitrogens is 2. The van der Waals surface area contributed by atoms with Gasteiger partial charge in [-0.1, -0.05) is 18.2 Å². The molecule has 0 bridgehead atoms. The van der Waals surface area contributed by atoms with Crippen LogP contribution in [0.4, 0.5) is 0 Å². The van der Waals surface area contributed by atoms with Crippen LogP contribution in [0, 0.1) is 0 Å². The molecule has 0 radical (unpaired) electrons. The molecule has 21 heavy (non-hydrogen) atoms. The number of para-hydroxylation sites is 1. The van der Waals surface area contributed by atoms with Gasteiger partial charge < -0.3 is 9.84 Å². The van der Waals surface area contributed by atoms with Crippen LogP contribution >= 0.6 is 0 Å². The molecule has 0 atom stereocenters. The minimum atomic E-state index is -0.846. The van der Waals surface area contributed by atoms with E-state index in [1.54, 1.807) is 18.0 Å². The lowest BCUT2D eigenvalue weighted by Crippen LogP contribution is -2.32. The van der Waals surface area contributed by atoms with Crippen LogP contribution in [0.2, 0.25) is 0 Å². The van der Waals surface area contributed by atoms with Gasteiger partial charge in [0.15, 0.2) is 0 Å². The highest BCUT2D eigenvalue weighted by Crippen LogP contribution is 2.09. The molecule has 0 aliphatic rings. The van der Waals surface area contributed by atoms with Crippen molar-refractivity contribution in [2.45, 2.75) is 6.54 Å². The van der Waals surface area contributed by atoms with Crippen molar-refractivity contribution in [3.8, 4) is 5.69 Å². The van der Waals surface area contributed by atoms with Crippen molar-refractivity contribution < 1.29 is 14.6 Å². The van der Waals surface area contributed by atoms with Gasteiger partial charge in [0, 0.05) is 32.0 Å². The zero-order valence-corrected chi connectivity index (χ0v) is 12.0. The molecule has 0 saturated heterocycles. The predicted molar refractivity (Wildman–Crippen MR) is 78.4 cm³/mol. The van der Waals surface area contributed by atoms with Gasteiger partial charge in [-0.05, 0) is 12.1 Å². The van der Waals surface area contributed by atoms with Crippen LogP contribution in [-0.2, 0) is 16.1 Å². The second-order valence-electron chi connectivity index (χ2n) is 4.73. The maximum atomic E-state index is 10.9. The van der Waals surface area contributed by atoms with Crippen LogP contribution in [0.1, 0.15) is 5.56 Å². The summed E-state index contributed by atoms with van der Waals surface area (Å²) in [6.45, 7) is 1.59. The molecule has 0 aliphatic carbocycles. The predicted octanol–water partition coefficient (Wildman–Crippen LogP) is 1.41. The second-order valence-corrected chi connectivity index (χ2v) is 4.73. The summed E-state index contributed by atoms with van der Waals surface area (Å²) in [5.41, 5.74) is 1.95. The fourth-order valence-electron chi connectivity index (χ4n) is 2.05. The summed E-state index contributed by atoms with van der Waals surface area (Å²) in [5, 5.41) is 13.3. The van der Waals surface area contributed by atoms with Crippen LogP contribution in [0.5, 0.6) is 0 Å². The lowest BCUT2D eigenvalue weighted by atomic mass is 10.3. The van der Waals surface area contributed by atoms with Gasteiger partial charge in [0.2, 0.25) is 0 Å². The topological polar surface area (TPSA) is 67.6 Å². The molecule has 6 nitrogen and oxygen atoms in total. The van der Waals surface area contributed by atoms with Crippen molar-refractivity contribution in [2.75, 3.05) is 26.8 Å². The van der Waals surface area contributed by atoms with Crippen molar-refractivity contribution in [1.82, 2.24) is 14.7 Å². The lowest BCUT2D eigenvalue weighted by molar-refractivity contribution is -0.138. The van der Waals surface area contributed by atoms with Gasteiger partial charge in [-0.2, -0.15) is 5.10 Å². The molecule has 2 aromatic rings. The monoisotopic (exact) mass is 289 g/mol. The molecule has 0 unspecified atom stereocenters. The molecule has 0 fully saturated rings. The van der Waals surface area contributed by atoms with E-state index in [1.165, 1.54) is 0 Å². The highest BCUT2D eigenvalue weighted by atomic mass is 16.5. The van der Waals surface area contributed by atoms with E-state index in [1.807, 2.05) is 41.4 Å². The van der Waals surface area contributed by atoms with Crippen molar-refractivity contribution in [1.29, 1.82) is 0 Å². The van der Waals surface area contributed by atoms with Crippen molar-refractivity contribution in [3.63, 3.8) is 0 Å². The summed E-state index contributed by atoms with van der Waals surface area (Å²) >= 11 is 0. The van der Waals surface area contributed by atoms with E-state index in [2.05, 4.69) is 5.10 Å². The van der Waals surface area contributed by atoms with E-state index in [9.17, 15) is 4.79 Å². The van der Waals surface area contributed by atoms with Crippen LogP contribution in [0.25, 0.3) is 5.69 Å². The fraction of sp³-hybridized carbons (Fsp3) is 0.333. The van der Waals surface area contributed by atoms with Gasteiger partial charge in [0.1, 0.15) is 0 Å². The van der Waals surface area contributed by atoms with E-state index < -0.39 is 5.97 Å². The molecular weight excluding hydrogens is 270 g/mol. The van der Waals surface area contributed by atoms with Gasteiger partial charge in [0.25, 0.3) is 0 Å². The zero-order valence-electron chi connectivity index (χ0n) is 12.0. The number of carboxylic acid groups (broad SMARTS) is 1.